The average molecular weight is 742 g/mol. The lowest BCUT2D eigenvalue weighted by Crippen LogP contribution is -2.25. The Hall–Kier alpha value is -7.62. The zero-order valence-electron chi connectivity index (χ0n) is 31.5. The normalized spacial score (nSPS) is 13.2. The standard InChI is InChI=1S/C55H35NO2/c1-3-16-36(17-4-1)40-20-7-8-21-41(40)37-30-32-39(33-31-37)56(38-18-5-2-6-19-38)49-28-15-29-50-53(49)58-54-51(57-50)35-34-48-52(54)44-24-11-14-27-47(44)55(48)45-25-12-9-22-42(45)43-23-10-13-26-46(43)55/h1-35H. The molecule has 9 aromatic rings. The second kappa shape index (κ2) is 12.7. The van der Waals surface area contributed by atoms with Crippen LogP contribution in [0.25, 0.3) is 44.5 Å². The van der Waals surface area contributed by atoms with Crippen LogP contribution >= 0.6 is 0 Å². The third-order valence-electron chi connectivity index (χ3n) is 12.2. The highest BCUT2D eigenvalue weighted by Gasteiger charge is 2.53. The molecule has 1 spiro atoms. The maximum Gasteiger partial charge on any atom is 0.194 e. The Morgan fingerprint density at radius 3 is 1.47 bits per heavy atom. The summed E-state index contributed by atoms with van der Waals surface area (Å²) in [7, 11) is 0. The molecule has 0 radical (unpaired) electrons. The van der Waals surface area contributed by atoms with Gasteiger partial charge in [-0.3, -0.25) is 0 Å². The lowest BCUT2D eigenvalue weighted by molar-refractivity contribution is 0.361. The monoisotopic (exact) mass is 741 g/mol. The van der Waals surface area contributed by atoms with Gasteiger partial charge in [-0.25, -0.2) is 0 Å². The first-order valence-corrected chi connectivity index (χ1v) is 19.8. The lowest BCUT2D eigenvalue weighted by atomic mass is 9.70. The summed E-state index contributed by atoms with van der Waals surface area (Å²) in [5.41, 5.74) is 17.0. The molecule has 0 saturated heterocycles. The largest absolute Gasteiger partial charge is 0.449 e. The van der Waals surface area contributed by atoms with Crippen molar-refractivity contribution in [1.82, 2.24) is 0 Å². The number of fused-ring (bicyclic) bond motifs is 13. The second-order valence-electron chi connectivity index (χ2n) is 15.1. The fourth-order valence-electron chi connectivity index (χ4n) is 9.80. The molecule has 3 nitrogen and oxygen atoms in total. The molecule has 0 N–H and O–H groups in total. The topological polar surface area (TPSA) is 21.7 Å². The Bertz CT molecular complexity index is 3020. The molecule has 0 amide bonds. The molecule has 0 unspecified atom stereocenters. The van der Waals surface area contributed by atoms with E-state index in [1.54, 1.807) is 0 Å². The number of hydrogen-bond donors (Lipinski definition) is 0. The van der Waals surface area contributed by atoms with Crippen molar-refractivity contribution in [1.29, 1.82) is 0 Å². The van der Waals surface area contributed by atoms with Crippen LogP contribution in [0.5, 0.6) is 23.0 Å². The van der Waals surface area contributed by atoms with E-state index in [0.717, 1.165) is 39.5 Å². The van der Waals surface area contributed by atoms with E-state index in [1.165, 1.54) is 50.1 Å². The molecule has 272 valence electrons. The van der Waals surface area contributed by atoms with Crippen LogP contribution in [-0.4, -0.2) is 0 Å². The predicted molar refractivity (Wildman–Crippen MR) is 235 cm³/mol. The van der Waals surface area contributed by atoms with Crippen molar-refractivity contribution in [3.8, 4) is 67.5 Å². The van der Waals surface area contributed by atoms with Crippen molar-refractivity contribution in [3.63, 3.8) is 0 Å². The first-order chi connectivity index (χ1) is 28.8. The van der Waals surface area contributed by atoms with Crippen LogP contribution in [0.1, 0.15) is 22.3 Å². The van der Waals surface area contributed by atoms with Crippen molar-refractivity contribution in [2.24, 2.45) is 0 Å². The summed E-state index contributed by atoms with van der Waals surface area (Å²) in [4.78, 5) is 2.27. The molecule has 0 aromatic heterocycles. The minimum atomic E-state index is -0.478. The maximum atomic E-state index is 7.30. The van der Waals surface area contributed by atoms with Crippen molar-refractivity contribution >= 4 is 17.1 Å². The van der Waals surface area contributed by atoms with Gasteiger partial charge in [-0.05, 0) is 104 Å². The van der Waals surface area contributed by atoms with E-state index in [0.29, 0.717) is 17.2 Å². The molecule has 3 heteroatoms. The number of nitrogens with zero attached hydrogens (tertiary/aromatic N) is 1. The highest BCUT2D eigenvalue weighted by molar-refractivity contribution is 5.98. The van der Waals surface area contributed by atoms with E-state index in [9.17, 15) is 0 Å². The molecule has 58 heavy (non-hydrogen) atoms. The molecule has 1 aliphatic heterocycles. The first-order valence-electron chi connectivity index (χ1n) is 19.8. The Balaban J connectivity index is 1.01. The van der Waals surface area contributed by atoms with Crippen LogP contribution in [-0.2, 0) is 5.41 Å². The summed E-state index contributed by atoms with van der Waals surface area (Å²) in [5.74, 6) is 2.81. The number of benzene rings is 9. The van der Waals surface area contributed by atoms with Crippen LogP contribution < -0.4 is 14.4 Å². The van der Waals surface area contributed by atoms with E-state index in [2.05, 4.69) is 205 Å². The smallest absolute Gasteiger partial charge is 0.194 e. The molecule has 0 bridgehead atoms. The van der Waals surface area contributed by atoms with E-state index < -0.39 is 5.41 Å². The van der Waals surface area contributed by atoms with Gasteiger partial charge in [-0.2, -0.15) is 0 Å². The molecule has 9 aromatic carbocycles. The minimum Gasteiger partial charge on any atom is -0.449 e. The van der Waals surface area contributed by atoms with Crippen molar-refractivity contribution in [2.45, 2.75) is 5.41 Å². The van der Waals surface area contributed by atoms with Gasteiger partial charge < -0.3 is 14.4 Å². The van der Waals surface area contributed by atoms with Gasteiger partial charge in [-0.15, -0.1) is 0 Å². The summed E-state index contributed by atoms with van der Waals surface area (Å²) < 4.78 is 14.2. The van der Waals surface area contributed by atoms with Gasteiger partial charge in [0, 0.05) is 16.9 Å². The average Bonchev–Trinajstić information content (AvgIpc) is 3.77. The molecule has 0 saturated carbocycles. The third kappa shape index (κ3) is 4.62. The third-order valence-corrected chi connectivity index (χ3v) is 12.2. The zero-order chi connectivity index (χ0) is 38.2. The van der Waals surface area contributed by atoms with E-state index in [4.69, 9.17) is 9.47 Å². The summed E-state index contributed by atoms with van der Waals surface area (Å²) in [6.45, 7) is 0. The van der Waals surface area contributed by atoms with E-state index >= 15 is 0 Å². The molecule has 0 fully saturated rings. The van der Waals surface area contributed by atoms with Gasteiger partial charge in [0.25, 0.3) is 0 Å². The molecule has 2 aliphatic carbocycles. The number of rotatable bonds is 5. The summed E-state index contributed by atoms with van der Waals surface area (Å²) in [5, 5.41) is 0. The van der Waals surface area contributed by atoms with Crippen molar-refractivity contribution in [2.75, 3.05) is 4.90 Å². The molecule has 0 atom stereocenters. The summed E-state index contributed by atoms with van der Waals surface area (Å²) in [6, 6.07) is 75.7. The Labute approximate surface area is 337 Å². The molecular weight excluding hydrogens is 707 g/mol. The second-order valence-corrected chi connectivity index (χ2v) is 15.1. The fraction of sp³-hybridized carbons (Fsp3) is 0.0182. The zero-order valence-corrected chi connectivity index (χ0v) is 31.5. The highest BCUT2D eigenvalue weighted by Crippen LogP contribution is 2.66. The van der Waals surface area contributed by atoms with Gasteiger partial charge in [-0.1, -0.05) is 170 Å². The maximum absolute atomic E-state index is 7.30. The first kappa shape index (κ1) is 32.6. The number of anilines is 3. The minimum absolute atomic E-state index is 0.478. The molecular formula is C55H35NO2. The van der Waals surface area contributed by atoms with E-state index in [1.807, 2.05) is 12.1 Å². The Kier molecular flexibility index (Phi) is 7.14. The van der Waals surface area contributed by atoms with E-state index in [-0.39, 0.29) is 0 Å². The Morgan fingerprint density at radius 2 is 0.810 bits per heavy atom. The van der Waals surface area contributed by atoms with Gasteiger partial charge in [0.15, 0.2) is 23.0 Å². The number of para-hydroxylation sites is 2. The van der Waals surface area contributed by atoms with Crippen LogP contribution in [0.4, 0.5) is 17.1 Å². The van der Waals surface area contributed by atoms with Gasteiger partial charge in [0.05, 0.1) is 11.1 Å². The number of hydrogen-bond acceptors (Lipinski definition) is 3. The Morgan fingerprint density at radius 1 is 0.310 bits per heavy atom. The van der Waals surface area contributed by atoms with Crippen LogP contribution in [0.3, 0.4) is 0 Å². The fourth-order valence-corrected chi connectivity index (χ4v) is 9.80. The lowest BCUT2D eigenvalue weighted by Gasteiger charge is -2.32. The predicted octanol–water partition coefficient (Wildman–Crippen LogP) is 14.7. The van der Waals surface area contributed by atoms with Crippen molar-refractivity contribution in [3.05, 3.63) is 235 Å². The quantitative estimate of drug-likeness (QED) is 0.175. The van der Waals surface area contributed by atoms with Crippen LogP contribution in [0, 0.1) is 0 Å². The SMILES string of the molecule is c1ccc(-c2ccccc2-c2ccc(N(c3ccccc3)c3cccc4c3Oc3c(ccc5c3-c3ccccc3C53c5ccccc5-c5ccccc53)O4)cc2)cc1. The summed E-state index contributed by atoms with van der Waals surface area (Å²) >= 11 is 0. The van der Waals surface area contributed by atoms with Crippen LogP contribution in [0.2, 0.25) is 0 Å². The molecule has 12 rings (SSSR count). The van der Waals surface area contributed by atoms with Gasteiger partial charge in [0.1, 0.15) is 0 Å². The highest BCUT2D eigenvalue weighted by atomic mass is 16.6. The molecule has 1 heterocycles. The summed E-state index contributed by atoms with van der Waals surface area (Å²) in [6.07, 6.45) is 0. The van der Waals surface area contributed by atoms with Crippen molar-refractivity contribution < 1.29 is 9.47 Å². The van der Waals surface area contributed by atoms with Gasteiger partial charge >= 0.3 is 0 Å². The molecule has 3 aliphatic rings. The van der Waals surface area contributed by atoms with Gasteiger partial charge in [0.2, 0.25) is 0 Å². The number of ether oxygens (including phenoxy) is 2. The van der Waals surface area contributed by atoms with Crippen LogP contribution in [0.15, 0.2) is 212 Å².